The van der Waals surface area contributed by atoms with Crippen molar-refractivity contribution >= 4 is 11.4 Å². The largest absolute Gasteiger partial charge is 0.491 e. The zero-order valence-electron chi connectivity index (χ0n) is 11.7. The molecule has 6 heteroatoms. The van der Waals surface area contributed by atoms with Gasteiger partial charge >= 0.3 is 0 Å². The second kappa shape index (κ2) is 7.37. The molecule has 1 aromatic heterocycles. The number of nitrogens with zero attached hydrogens (tertiary/aromatic N) is 3. The molecule has 2 rings (SSSR count). The van der Waals surface area contributed by atoms with Gasteiger partial charge < -0.3 is 15.8 Å². The molecule has 3 N–H and O–H groups in total. The van der Waals surface area contributed by atoms with Crippen molar-refractivity contribution in [2.24, 2.45) is 0 Å². The molecular weight excluding hydrogens is 254 g/mol. The quantitative estimate of drug-likeness (QED) is 0.570. The fraction of sp³-hybridized carbons (Fsp3) is 0.429. The average Bonchev–Trinajstić information content (AvgIpc) is 2.97. The molecule has 6 nitrogen and oxygen atoms in total. The highest BCUT2D eigenvalue weighted by atomic mass is 16.5. The monoisotopic (exact) mass is 275 g/mol. The number of benzene rings is 1. The number of ether oxygens (including phenoxy) is 1. The van der Waals surface area contributed by atoms with E-state index < -0.39 is 0 Å². The van der Waals surface area contributed by atoms with Crippen molar-refractivity contribution in [3.05, 3.63) is 30.6 Å². The fourth-order valence-corrected chi connectivity index (χ4v) is 1.85. The smallest absolute Gasteiger partial charge is 0.144 e. The van der Waals surface area contributed by atoms with Crippen LogP contribution in [0.3, 0.4) is 0 Å². The highest BCUT2D eigenvalue weighted by Crippen LogP contribution is 2.29. The highest BCUT2D eigenvalue weighted by molar-refractivity contribution is 5.72. The predicted octanol–water partition coefficient (Wildman–Crippen LogP) is 2.15. The summed E-state index contributed by atoms with van der Waals surface area (Å²) in [5, 5.41) is 11.0. The maximum absolute atomic E-state index is 6.09. The average molecular weight is 275 g/mol. The summed E-state index contributed by atoms with van der Waals surface area (Å²) in [6, 6.07) is 5.80. The first-order valence-electron chi connectivity index (χ1n) is 6.90. The third-order valence-corrected chi connectivity index (χ3v) is 2.88. The minimum absolute atomic E-state index is 0.668. The zero-order chi connectivity index (χ0) is 14.2. The van der Waals surface area contributed by atoms with Crippen LogP contribution in [0.5, 0.6) is 5.75 Å². The molecular formula is C14H21N5O. The summed E-state index contributed by atoms with van der Waals surface area (Å²) in [5.74, 6) is 0.744. The lowest BCUT2D eigenvalue weighted by molar-refractivity contribution is 0.319. The first-order chi connectivity index (χ1) is 9.81. The molecule has 0 atom stereocenters. The highest BCUT2D eigenvalue weighted by Gasteiger charge is 2.05. The Morgan fingerprint density at radius 1 is 1.40 bits per heavy atom. The minimum atomic E-state index is 0.668. The van der Waals surface area contributed by atoms with Crippen molar-refractivity contribution in [1.29, 1.82) is 0 Å². The molecule has 0 radical (unpaired) electrons. The molecule has 2 aromatic rings. The maximum Gasteiger partial charge on any atom is 0.144 e. The number of para-hydroxylation sites is 1. The topological polar surface area (TPSA) is 78.0 Å². The van der Waals surface area contributed by atoms with Gasteiger partial charge in [0.05, 0.1) is 24.2 Å². The van der Waals surface area contributed by atoms with Crippen molar-refractivity contribution in [3.63, 3.8) is 0 Å². The Hall–Kier alpha value is -2.24. The van der Waals surface area contributed by atoms with E-state index in [1.54, 1.807) is 6.20 Å². The number of nitrogen functional groups attached to an aromatic ring is 1. The van der Waals surface area contributed by atoms with E-state index in [9.17, 15) is 0 Å². The number of nitrogens with one attached hydrogen (secondary N) is 1. The normalized spacial score (nSPS) is 10.4. The summed E-state index contributed by atoms with van der Waals surface area (Å²) < 4.78 is 7.42. The van der Waals surface area contributed by atoms with Crippen LogP contribution >= 0.6 is 0 Å². The van der Waals surface area contributed by atoms with E-state index in [0.29, 0.717) is 12.3 Å². The molecule has 0 aliphatic rings. The third-order valence-electron chi connectivity index (χ3n) is 2.88. The molecule has 0 aliphatic carbocycles. The number of aromatic nitrogens is 3. The molecule has 0 bridgehead atoms. The van der Waals surface area contributed by atoms with Gasteiger partial charge in [-0.25, -0.2) is 0 Å². The zero-order valence-corrected chi connectivity index (χ0v) is 11.7. The van der Waals surface area contributed by atoms with E-state index in [-0.39, 0.29) is 0 Å². The standard InChI is InChI=1S/C14H21N5O/c1-2-11-20-13-6-3-5-12(14(13)15)16-7-4-9-19-10-8-17-18-19/h3,5-6,8,10,16H,2,4,7,9,11,15H2,1H3. The van der Waals surface area contributed by atoms with Gasteiger partial charge in [0.1, 0.15) is 5.75 Å². The van der Waals surface area contributed by atoms with Gasteiger partial charge in [-0.2, -0.15) is 0 Å². The third kappa shape index (κ3) is 3.88. The Morgan fingerprint density at radius 2 is 2.30 bits per heavy atom. The number of aryl methyl sites for hydroxylation is 1. The van der Waals surface area contributed by atoms with Crippen LogP contribution in [0.25, 0.3) is 0 Å². The Bertz CT molecular complexity index is 512. The lowest BCUT2D eigenvalue weighted by atomic mass is 10.2. The summed E-state index contributed by atoms with van der Waals surface area (Å²) in [7, 11) is 0. The fourth-order valence-electron chi connectivity index (χ4n) is 1.85. The summed E-state index contributed by atoms with van der Waals surface area (Å²) in [6.45, 7) is 4.41. The van der Waals surface area contributed by atoms with Gasteiger partial charge in [0.25, 0.3) is 0 Å². The molecule has 0 spiro atoms. The number of hydrogen-bond acceptors (Lipinski definition) is 5. The van der Waals surface area contributed by atoms with Gasteiger partial charge in [-0.3, -0.25) is 4.68 Å². The Kier molecular flexibility index (Phi) is 5.23. The van der Waals surface area contributed by atoms with Gasteiger partial charge in [-0.15, -0.1) is 5.10 Å². The van der Waals surface area contributed by atoms with Crippen LogP contribution in [0, 0.1) is 0 Å². The summed E-state index contributed by atoms with van der Waals surface area (Å²) in [4.78, 5) is 0. The molecule has 0 amide bonds. The second-order valence-corrected chi connectivity index (χ2v) is 4.51. The molecule has 0 saturated heterocycles. The summed E-state index contributed by atoms with van der Waals surface area (Å²) in [5.41, 5.74) is 7.67. The van der Waals surface area contributed by atoms with Crippen LogP contribution < -0.4 is 15.8 Å². The van der Waals surface area contributed by atoms with Crippen LogP contribution in [0.15, 0.2) is 30.6 Å². The van der Waals surface area contributed by atoms with E-state index >= 15 is 0 Å². The van der Waals surface area contributed by atoms with Crippen molar-refractivity contribution in [1.82, 2.24) is 15.0 Å². The summed E-state index contributed by atoms with van der Waals surface area (Å²) >= 11 is 0. The molecule has 0 unspecified atom stereocenters. The number of rotatable bonds is 8. The van der Waals surface area contributed by atoms with Crippen molar-refractivity contribution in [3.8, 4) is 5.75 Å². The molecule has 0 fully saturated rings. The first-order valence-corrected chi connectivity index (χ1v) is 6.90. The predicted molar refractivity (Wildman–Crippen MR) is 79.8 cm³/mol. The van der Waals surface area contributed by atoms with Crippen molar-refractivity contribution < 1.29 is 4.74 Å². The molecule has 108 valence electrons. The number of anilines is 2. The van der Waals surface area contributed by atoms with Crippen LogP contribution in [-0.4, -0.2) is 28.1 Å². The molecule has 1 aromatic carbocycles. The van der Waals surface area contributed by atoms with Gasteiger partial charge in [0, 0.05) is 19.3 Å². The van der Waals surface area contributed by atoms with E-state index in [2.05, 4.69) is 22.6 Å². The lowest BCUT2D eigenvalue weighted by Gasteiger charge is -2.13. The Morgan fingerprint density at radius 3 is 3.05 bits per heavy atom. The van der Waals surface area contributed by atoms with E-state index in [1.165, 1.54) is 0 Å². The lowest BCUT2D eigenvalue weighted by Crippen LogP contribution is -2.09. The molecule has 0 saturated carbocycles. The van der Waals surface area contributed by atoms with E-state index in [0.717, 1.165) is 37.4 Å². The van der Waals surface area contributed by atoms with Crippen molar-refractivity contribution in [2.45, 2.75) is 26.3 Å². The van der Waals surface area contributed by atoms with Gasteiger partial charge in [-0.1, -0.05) is 18.2 Å². The van der Waals surface area contributed by atoms with E-state index in [1.807, 2.05) is 29.1 Å². The Labute approximate surface area is 118 Å². The molecule has 20 heavy (non-hydrogen) atoms. The minimum Gasteiger partial charge on any atom is -0.491 e. The van der Waals surface area contributed by atoms with Gasteiger partial charge in [-0.05, 0) is 25.0 Å². The van der Waals surface area contributed by atoms with Crippen molar-refractivity contribution in [2.75, 3.05) is 24.2 Å². The molecule has 1 heterocycles. The maximum atomic E-state index is 6.09. The van der Waals surface area contributed by atoms with Gasteiger partial charge in [0.15, 0.2) is 0 Å². The Balaban J connectivity index is 1.82. The first kappa shape index (κ1) is 14.2. The van der Waals surface area contributed by atoms with Crippen LogP contribution in [-0.2, 0) is 6.54 Å². The van der Waals surface area contributed by atoms with Crippen LogP contribution in [0.4, 0.5) is 11.4 Å². The SMILES string of the molecule is CCCOc1cccc(NCCCn2ccnn2)c1N. The summed E-state index contributed by atoms with van der Waals surface area (Å²) in [6.07, 6.45) is 5.45. The van der Waals surface area contributed by atoms with E-state index in [4.69, 9.17) is 10.5 Å². The number of nitrogens with two attached hydrogens (primary N) is 1. The van der Waals surface area contributed by atoms with Gasteiger partial charge in [0.2, 0.25) is 0 Å². The molecule has 0 aliphatic heterocycles. The van der Waals surface area contributed by atoms with Crippen LogP contribution in [0.2, 0.25) is 0 Å². The second-order valence-electron chi connectivity index (χ2n) is 4.51. The van der Waals surface area contributed by atoms with Crippen LogP contribution in [0.1, 0.15) is 19.8 Å². The number of hydrogen-bond donors (Lipinski definition) is 2.